The van der Waals surface area contributed by atoms with E-state index in [0.717, 1.165) is 11.3 Å². The molecule has 0 spiro atoms. The Balaban J connectivity index is 1.78. The third-order valence-corrected chi connectivity index (χ3v) is 4.35. The van der Waals surface area contributed by atoms with Crippen LogP contribution < -0.4 is 10.1 Å². The normalized spacial score (nSPS) is 15.4. The van der Waals surface area contributed by atoms with E-state index in [4.69, 9.17) is 4.74 Å². The number of amides is 4. The summed E-state index contributed by atoms with van der Waals surface area (Å²) in [6.45, 7) is 8.11. The zero-order valence-electron chi connectivity index (χ0n) is 16.2. The van der Waals surface area contributed by atoms with Crippen molar-refractivity contribution in [1.82, 2.24) is 15.1 Å². The van der Waals surface area contributed by atoms with Crippen molar-refractivity contribution in [1.29, 1.82) is 0 Å². The molecule has 1 aliphatic rings. The molecule has 0 saturated carbocycles. The van der Waals surface area contributed by atoms with Crippen LogP contribution in [-0.4, -0.2) is 53.4 Å². The molecule has 0 aliphatic carbocycles. The summed E-state index contributed by atoms with van der Waals surface area (Å²) in [6.07, 6.45) is 2.39. The zero-order chi connectivity index (χ0) is 20.0. The number of carbonyl (C=O) groups excluding carboxylic acids is 3. The minimum absolute atomic E-state index is 0.0340. The lowest BCUT2D eigenvalue weighted by Gasteiger charge is -2.19. The molecular formula is C20H27N3O4. The third-order valence-electron chi connectivity index (χ3n) is 4.35. The van der Waals surface area contributed by atoms with E-state index in [1.54, 1.807) is 31.9 Å². The maximum Gasteiger partial charge on any atom is 0.325 e. The lowest BCUT2D eigenvalue weighted by atomic mass is 10.1. The Bertz CT molecular complexity index is 712. The molecule has 0 bridgehead atoms. The summed E-state index contributed by atoms with van der Waals surface area (Å²) in [7, 11) is 1.74. The topological polar surface area (TPSA) is 79.0 Å². The Morgan fingerprint density at radius 3 is 2.52 bits per heavy atom. The molecule has 4 amide bonds. The highest BCUT2D eigenvalue weighted by Crippen LogP contribution is 2.17. The van der Waals surface area contributed by atoms with E-state index in [1.165, 1.54) is 4.90 Å². The van der Waals surface area contributed by atoms with Crippen LogP contribution >= 0.6 is 0 Å². The largest absolute Gasteiger partial charge is 0.490 e. The number of hydrogen-bond acceptors (Lipinski definition) is 4. The number of hydrogen-bond donors (Lipinski definition) is 1. The Hall–Kier alpha value is -2.83. The monoisotopic (exact) mass is 373 g/mol. The fourth-order valence-corrected chi connectivity index (χ4v) is 2.81. The van der Waals surface area contributed by atoms with Crippen LogP contribution in [0.3, 0.4) is 0 Å². The Labute approximate surface area is 160 Å². The van der Waals surface area contributed by atoms with Crippen molar-refractivity contribution in [2.45, 2.75) is 38.8 Å². The SMILES string of the molecule is C=CCOc1ccc(CN(C)C(=O)CCCN2C(=O)NC(C)(C)C2=O)cc1. The molecule has 1 aromatic carbocycles. The van der Waals surface area contributed by atoms with Gasteiger partial charge in [0.05, 0.1) is 0 Å². The van der Waals surface area contributed by atoms with Gasteiger partial charge in [0.2, 0.25) is 5.91 Å². The molecule has 7 heteroatoms. The van der Waals surface area contributed by atoms with Gasteiger partial charge >= 0.3 is 6.03 Å². The van der Waals surface area contributed by atoms with Gasteiger partial charge in [-0.15, -0.1) is 0 Å². The molecular weight excluding hydrogens is 346 g/mol. The summed E-state index contributed by atoms with van der Waals surface area (Å²) < 4.78 is 5.43. The first kappa shape index (κ1) is 20.5. The summed E-state index contributed by atoms with van der Waals surface area (Å²) >= 11 is 0. The number of ether oxygens (including phenoxy) is 1. The van der Waals surface area contributed by atoms with Crippen molar-refractivity contribution in [3.8, 4) is 5.75 Å². The highest BCUT2D eigenvalue weighted by Gasteiger charge is 2.43. The molecule has 0 atom stereocenters. The zero-order valence-corrected chi connectivity index (χ0v) is 16.2. The second-order valence-electron chi connectivity index (χ2n) is 7.11. The first-order valence-electron chi connectivity index (χ1n) is 8.95. The van der Waals surface area contributed by atoms with E-state index in [0.29, 0.717) is 19.6 Å². The van der Waals surface area contributed by atoms with Crippen LogP contribution in [-0.2, 0) is 16.1 Å². The summed E-state index contributed by atoms with van der Waals surface area (Å²) in [5.41, 5.74) is 0.118. The second kappa shape index (κ2) is 8.70. The maximum atomic E-state index is 12.3. The van der Waals surface area contributed by atoms with E-state index >= 15 is 0 Å². The molecule has 2 rings (SSSR count). The molecule has 1 heterocycles. The fourth-order valence-electron chi connectivity index (χ4n) is 2.81. The summed E-state index contributed by atoms with van der Waals surface area (Å²) in [5, 5.41) is 2.63. The Kier molecular flexibility index (Phi) is 6.60. The van der Waals surface area contributed by atoms with E-state index in [1.807, 2.05) is 24.3 Å². The predicted molar refractivity (Wildman–Crippen MR) is 102 cm³/mol. The molecule has 7 nitrogen and oxygen atoms in total. The van der Waals surface area contributed by atoms with Gasteiger partial charge in [-0.3, -0.25) is 14.5 Å². The van der Waals surface area contributed by atoms with Gasteiger partial charge in [0, 0.05) is 26.6 Å². The minimum Gasteiger partial charge on any atom is -0.490 e. The minimum atomic E-state index is -0.876. The molecule has 0 unspecified atom stereocenters. The van der Waals surface area contributed by atoms with Gasteiger partial charge in [0.15, 0.2) is 0 Å². The average molecular weight is 373 g/mol. The van der Waals surface area contributed by atoms with Crippen LogP contribution in [0.25, 0.3) is 0 Å². The molecule has 1 aromatic rings. The van der Waals surface area contributed by atoms with Crippen LogP contribution in [0.5, 0.6) is 5.75 Å². The van der Waals surface area contributed by atoms with Crippen molar-refractivity contribution in [2.75, 3.05) is 20.2 Å². The summed E-state index contributed by atoms with van der Waals surface area (Å²) in [4.78, 5) is 39.1. The van der Waals surface area contributed by atoms with Crippen LogP contribution in [0, 0.1) is 0 Å². The van der Waals surface area contributed by atoms with Gasteiger partial charge in [-0.25, -0.2) is 4.79 Å². The lowest BCUT2D eigenvalue weighted by Crippen LogP contribution is -2.40. The maximum absolute atomic E-state index is 12.3. The number of nitrogens with zero attached hydrogens (tertiary/aromatic N) is 2. The van der Waals surface area contributed by atoms with Gasteiger partial charge in [0.1, 0.15) is 17.9 Å². The van der Waals surface area contributed by atoms with Crippen LogP contribution in [0.15, 0.2) is 36.9 Å². The summed E-state index contributed by atoms with van der Waals surface area (Å²) in [5.74, 6) is 0.462. The van der Waals surface area contributed by atoms with Crippen molar-refractivity contribution in [3.05, 3.63) is 42.5 Å². The van der Waals surface area contributed by atoms with E-state index in [9.17, 15) is 14.4 Å². The van der Waals surface area contributed by atoms with Crippen LogP contribution in [0.4, 0.5) is 4.79 Å². The number of nitrogens with one attached hydrogen (secondary N) is 1. The molecule has 1 saturated heterocycles. The number of urea groups is 1. The quantitative estimate of drug-likeness (QED) is 0.532. The highest BCUT2D eigenvalue weighted by atomic mass is 16.5. The Morgan fingerprint density at radius 1 is 1.30 bits per heavy atom. The van der Waals surface area contributed by atoms with Crippen LogP contribution in [0.1, 0.15) is 32.3 Å². The summed E-state index contributed by atoms with van der Waals surface area (Å²) in [6, 6.07) is 7.15. The van der Waals surface area contributed by atoms with E-state index in [2.05, 4.69) is 11.9 Å². The smallest absolute Gasteiger partial charge is 0.325 e. The first-order valence-corrected chi connectivity index (χ1v) is 8.95. The van der Waals surface area contributed by atoms with Gasteiger partial charge < -0.3 is 15.0 Å². The number of benzene rings is 1. The predicted octanol–water partition coefficient (Wildman–Crippen LogP) is 2.32. The van der Waals surface area contributed by atoms with Crippen molar-refractivity contribution < 1.29 is 19.1 Å². The third kappa shape index (κ3) is 5.32. The van der Waals surface area contributed by atoms with Gasteiger partial charge in [-0.2, -0.15) is 0 Å². The first-order chi connectivity index (χ1) is 12.7. The fraction of sp³-hybridized carbons (Fsp3) is 0.450. The molecule has 0 aromatic heterocycles. The second-order valence-corrected chi connectivity index (χ2v) is 7.11. The molecule has 0 radical (unpaired) electrons. The van der Waals surface area contributed by atoms with Gasteiger partial charge in [0.25, 0.3) is 5.91 Å². The number of carbonyl (C=O) groups is 3. The Morgan fingerprint density at radius 2 is 1.96 bits per heavy atom. The highest BCUT2D eigenvalue weighted by molar-refractivity contribution is 6.06. The van der Waals surface area contributed by atoms with Gasteiger partial charge in [-0.1, -0.05) is 24.8 Å². The molecule has 1 N–H and O–H groups in total. The van der Waals surface area contributed by atoms with Crippen LogP contribution in [0.2, 0.25) is 0 Å². The molecule has 1 fully saturated rings. The van der Waals surface area contributed by atoms with Gasteiger partial charge in [-0.05, 0) is 38.0 Å². The standard InChI is InChI=1S/C20H27N3O4/c1-5-13-27-16-10-8-15(9-11-16)14-22(4)17(24)7-6-12-23-18(25)20(2,3)21-19(23)26/h5,8-11H,1,6-7,12-14H2,2-4H3,(H,21,26). The lowest BCUT2D eigenvalue weighted by molar-refractivity contribution is -0.132. The van der Waals surface area contributed by atoms with E-state index < -0.39 is 11.6 Å². The molecule has 1 aliphatic heterocycles. The number of rotatable bonds is 9. The molecule has 146 valence electrons. The van der Waals surface area contributed by atoms with Crippen molar-refractivity contribution in [2.24, 2.45) is 0 Å². The molecule has 27 heavy (non-hydrogen) atoms. The van der Waals surface area contributed by atoms with Crippen molar-refractivity contribution >= 4 is 17.8 Å². The average Bonchev–Trinajstić information content (AvgIpc) is 2.82. The van der Waals surface area contributed by atoms with Crippen molar-refractivity contribution in [3.63, 3.8) is 0 Å². The number of imide groups is 1. The van der Waals surface area contributed by atoms with E-state index in [-0.39, 0.29) is 24.8 Å².